The second kappa shape index (κ2) is 15.2. The number of nitrogens with zero attached hydrogens (tertiary/aromatic N) is 2. The Bertz CT molecular complexity index is 1360. The van der Waals surface area contributed by atoms with Crippen LogP contribution in [0, 0.1) is 6.92 Å². The number of carbonyl (C=O) groups excluding carboxylic acids is 2. The topological polar surface area (TPSA) is 96.0 Å². The number of rotatable bonds is 15. The van der Waals surface area contributed by atoms with E-state index in [1.165, 1.54) is 17.0 Å². The second-order valence-corrected chi connectivity index (χ2v) is 11.7. The quantitative estimate of drug-likeness (QED) is 0.246. The maximum atomic E-state index is 14.1. The zero-order chi connectivity index (χ0) is 29.8. The van der Waals surface area contributed by atoms with Gasteiger partial charge in [-0.1, -0.05) is 68.3 Å². The van der Waals surface area contributed by atoms with E-state index in [9.17, 15) is 18.0 Å². The molecule has 220 valence electrons. The maximum Gasteiger partial charge on any atom is 0.264 e. The van der Waals surface area contributed by atoms with Gasteiger partial charge in [-0.3, -0.25) is 13.9 Å². The summed E-state index contributed by atoms with van der Waals surface area (Å²) in [6.07, 6.45) is 2.14. The summed E-state index contributed by atoms with van der Waals surface area (Å²) in [7, 11) is -4.14. The van der Waals surface area contributed by atoms with Gasteiger partial charge in [0.2, 0.25) is 11.8 Å². The van der Waals surface area contributed by atoms with E-state index in [4.69, 9.17) is 4.74 Å². The van der Waals surface area contributed by atoms with Gasteiger partial charge in [-0.2, -0.15) is 0 Å². The van der Waals surface area contributed by atoms with Crippen LogP contribution in [0.5, 0.6) is 5.75 Å². The van der Waals surface area contributed by atoms with Crippen molar-refractivity contribution in [2.24, 2.45) is 0 Å². The monoisotopic (exact) mass is 579 g/mol. The molecule has 0 saturated heterocycles. The van der Waals surface area contributed by atoms with Gasteiger partial charge in [-0.25, -0.2) is 8.42 Å². The number of sulfonamides is 1. The average Bonchev–Trinajstić information content (AvgIpc) is 2.97. The molecule has 2 amide bonds. The van der Waals surface area contributed by atoms with Crippen LogP contribution >= 0.6 is 0 Å². The molecule has 0 saturated carbocycles. The molecule has 41 heavy (non-hydrogen) atoms. The minimum atomic E-state index is -4.14. The van der Waals surface area contributed by atoms with Crippen LogP contribution in [0.15, 0.2) is 83.8 Å². The highest BCUT2D eigenvalue weighted by molar-refractivity contribution is 7.92. The molecule has 3 aromatic carbocycles. The second-order valence-electron chi connectivity index (χ2n) is 9.83. The molecule has 0 fully saturated rings. The third-order valence-corrected chi connectivity index (χ3v) is 8.52. The Labute approximate surface area is 244 Å². The van der Waals surface area contributed by atoms with Crippen LogP contribution in [0.4, 0.5) is 5.69 Å². The van der Waals surface area contributed by atoms with Crippen LogP contribution in [0.1, 0.15) is 51.2 Å². The van der Waals surface area contributed by atoms with Crippen molar-refractivity contribution in [3.63, 3.8) is 0 Å². The largest absolute Gasteiger partial charge is 0.494 e. The molecule has 0 aromatic heterocycles. The van der Waals surface area contributed by atoms with Crippen LogP contribution in [-0.4, -0.2) is 50.9 Å². The summed E-state index contributed by atoms with van der Waals surface area (Å²) < 4.78 is 34.6. The Balaban J connectivity index is 2.00. The normalized spacial score (nSPS) is 11.9. The number of hydrogen-bond donors (Lipinski definition) is 1. The number of carbonyl (C=O) groups is 2. The number of aryl methyl sites for hydroxylation is 1. The first kappa shape index (κ1) is 31.7. The highest BCUT2D eigenvalue weighted by Crippen LogP contribution is 2.26. The molecular weight excluding hydrogens is 538 g/mol. The van der Waals surface area contributed by atoms with Crippen molar-refractivity contribution in [1.82, 2.24) is 10.2 Å². The Kier molecular flexibility index (Phi) is 11.8. The lowest BCUT2D eigenvalue weighted by Crippen LogP contribution is -2.52. The predicted molar refractivity (Wildman–Crippen MR) is 162 cm³/mol. The van der Waals surface area contributed by atoms with E-state index in [-0.39, 0.29) is 17.3 Å². The van der Waals surface area contributed by atoms with Gasteiger partial charge in [0.05, 0.1) is 17.2 Å². The molecule has 0 aliphatic carbocycles. The lowest BCUT2D eigenvalue weighted by atomic mass is 10.1. The lowest BCUT2D eigenvalue weighted by molar-refractivity contribution is -0.140. The molecule has 3 aromatic rings. The smallest absolute Gasteiger partial charge is 0.264 e. The number of unbranched alkanes of at least 4 members (excludes halogenated alkanes) is 1. The average molecular weight is 580 g/mol. The number of nitrogens with one attached hydrogen (secondary N) is 1. The lowest BCUT2D eigenvalue weighted by Gasteiger charge is -2.33. The molecule has 0 aliphatic heterocycles. The molecule has 3 rings (SSSR count). The molecule has 1 unspecified atom stereocenters. The predicted octanol–water partition coefficient (Wildman–Crippen LogP) is 5.31. The van der Waals surface area contributed by atoms with Crippen molar-refractivity contribution in [3.8, 4) is 5.75 Å². The molecule has 8 nitrogen and oxygen atoms in total. The minimum absolute atomic E-state index is 0.0355. The zero-order valence-corrected chi connectivity index (χ0v) is 25.2. The fourth-order valence-electron chi connectivity index (χ4n) is 4.45. The zero-order valence-electron chi connectivity index (χ0n) is 24.4. The van der Waals surface area contributed by atoms with Gasteiger partial charge in [0.1, 0.15) is 18.3 Å². The van der Waals surface area contributed by atoms with E-state index in [1.807, 2.05) is 58.0 Å². The summed E-state index contributed by atoms with van der Waals surface area (Å²) in [4.78, 5) is 28.8. The summed E-state index contributed by atoms with van der Waals surface area (Å²) in [5.41, 5.74) is 2.16. The summed E-state index contributed by atoms with van der Waals surface area (Å²) in [5.74, 6) is -0.166. The van der Waals surface area contributed by atoms with Gasteiger partial charge in [-0.05, 0) is 68.7 Å². The van der Waals surface area contributed by atoms with Crippen LogP contribution < -0.4 is 14.4 Å². The first-order valence-corrected chi connectivity index (χ1v) is 15.6. The minimum Gasteiger partial charge on any atom is -0.494 e. The molecule has 0 aliphatic rings. The van der Waals surface area contributed by atoms with Crippen LogP contribution in [0.2, 0.25) is 0 Å². The molecule has 0 radical (unpaired) electrons. The third-order valence-electron chi connectivity index (χ3n) is 6.73. The number of amides is 2. The summed E-state index contributed by atoms with van der Waals surface area (Å²) in [6, 6.07) is 21.8. The third kappa shape index (κ3) is 8.57. The van der Waals surface area contributed by atoms with Crippen molar-refractivity contribution in [1.29, 1.82) is 0 Å². The van der Waals surface area contributed by atoms with Crippen LogP contribution in [0.3, 0.4) is 0 Å². The highest BCUT2D eigenvalue weighted by Gasteiger charge is 2.33. The molecule has 1 N–H and O–H groups in total. The van der Waals surface area contributed by atoms with E-state index >= 15 is 0 Å². The number of ether oxygens (including phenoxy) is 1. The SMILES string of the molecule is CCCCNC(=O)C(CC)N(Cc1ccccc1)C(=O)CN(c1ccc(C)cc1)S(=O)(=O)c1ccc(OCC)cc1. The van der Waals surface area contributed by atoms with Gasteiger partial charge in [0.15, 0.2) is 0 Å². The van der Waals surface area contributed by atoms with Gasteiger partial charge in [-0.15, -0.1) is 0 Å². The fraction of sp³-hybridized carbons (Fsp3) is 0.375. The molecule has 0 bridgehead atoms. The van der Waals surface area contributed by atoms with Crippen LogP contribution in [-0.2, 0) is 26.2 Å². The highest BCUT2D eigenvalue weighted by atomic mass is 32.2. The number of hydrogen-bond acceptors (Lipinski definition) is 5. The number of anilines is 1. The van der Waals surface area contributed by atoms with Crippen molar-refractivity contribution < 1.29 is 22.7 Å². The van der Waals surface area contributed by atoms with Crippen molar-refractivity contribution in [3.05, 3.63) is 90.0 Å². The van der Waals surface area contributed by atoms with E-state index in [2.05, 4.69) is 5.32 Å². The summed E-state index contributed by atoms with van der Waals surface area (Å²) in [6.45, 7) is 8.32. The maximum absolute atomic E-state index is 14.1. The van der Waals surface area contributed by atoms with E-state index < -0.39 is 28.5 Å². The Morgan fingerprint density at radius 2 is 1.56 bits per heavy atom. The molecule has 1 atom stereocenters. The molecule has 0 heterocycles. The standard InChI is InChI=1S/C32H41N3O5S/c1-5-8-22-33-32(37)30(6-2)34(23-26-12-10-9-11-13-26)31(36)24-35(27-16-14-25(4)15-17-27)41(38,39)29-20-18-28(19-21-29)40-7-3/h9-21,30H,5-8,22-24H2,1-4H3,(H,33,37). The van der Waals surface area contributed by atoms with Crippen molar-refractivity contribution in [2.75, 3.05) is 24.0 Å². The summed E-state index contributed by atoms with van der Waals surface area (Å²) in [5, 5.41) is 2.94. The molecular formula is C32H41N3O5S. The molecule has 9 heteroatoms. The van der Waals surface area contributed by atoms with Gasteiger partial charge in [0.25, 0.3) is 10.0 Å². The van der Waals surface area contributed by atoms with E-state index in [0.29, 0.717) is 31.0 Å². The van der Waals surface area contributed by atoms with Crippen molar-refractivity contribution in [2.45, 2.75) is 64.4 Å². The Hall–Kier alpha value is -3.85. The van der Waals surface area contributed by atoms with Gasteiger partial charge < -0.3 is 15.0 Å². The van der Waals surface area contributed by atoms with Gasteiger partial charge >= 0.3 is 0 Å². The Morgan fingerprint density at radius 1 is 0.902 bits per heavy atom. The first-order valence-electron chi connectivity index (χ1n) is 14.1. The summed E-state index contributed by atoms with van der Waals surface area (Å²) >= 11 is 0. The number of benzene rings is 3. The van der Waals surface area contributed by atoms with Crippen molar-refractivity contribution >= 4 is 27.5 Å². The molecule has 0 spiro atoms. The Morgan fingerprint density at radius 3 is 2.15 bits per heavy atom. The van der Waals surface area contributed by atoms with E-state index in [0.717, 1.165) is 28.3 Å². The fourth-order valence-corrected chi connectivity index (χ4v) is 5.86. The van der Waals surface area contributed by atoms with Crippen LogP contribution in [0.25, 0.3) is 0 Å². The van der Waals surface area contributed by atoms with E-state index in [1.54, 1.807) is 36.4 Å². The van der Waals surface area contributed by atoms with Gasteiger partial charge in [0, 0.05) is 13.1 Å². The first-order chi connectivity index (χ1) is 19.7.